The molecule has 6 heteroatoms. The van der Waals surface area contributed by atoms with Gasteiger partial charge in [0.25, 0.3) is 0 Å². The number of benzene rings is 1. The molecule has 1 atom stereocenters. The number of carbonyl (C=O) groups excluding carboxylic acids is 1. The molecule has 1 N–H and O–H groups in total. The van der Waals surface area contributed by atoms with Crippen molar-refractivity contribution in [3.05, 3.63) is 29.8 Å². The molecule has 1 fully saturated rings. The summed E-state index contributed by atoms with van der Waals surface area (Å²) in [6.45, 7) is 4.39. The molecule has 1 aromatic rings. The van der Waals surface area contributed by atoms with Crippen LogP contribution in [-0.4, -0.2) is 40.6 Å². The fraction of sp³-hybridized carbons (Fsp3) is 0.500. The fourth-order valence-electron chi connectivity index (χ4n) is 2.35. The lowest BCUT2D eigenvalue weighted by atomic mass is 10.2. The van der Waals surface area contributed by atoms with Gasteiger partial charge in [0.2, 0.25) is 5.91 Å². The number of carbonyl (C=O) groups is 1. The Balaban J connectivity index is 1.82. The third-order valence-corrected chi connectivity index (χ3v) is 5.23. The van der Waals surface area contributed by atoms with Gasteiger partial charge >= 0.3 is 0 Å². The number of nitrogens with one attached hydrogen (secondary N) is 1. The van der Waals surface area contributed by atoms with Crippen molar-refractivity contribution in [1.82, 2.24) is 10.2 Å². The summed E-state index contributed by atoms with van der Waals surface area (Å²) in [7, 11) is 1.63. The fourth-order valence-corrected chi connectivity index (χ4v) is 3.79. The van der Waals surface area contributed by atoms with Gasteiger partial charge in [-0.15, -0.1) is 0 Å². The first kappa shape index (κ1) is 17.1. The molecular weight excluding hydrogens is 316 g/mol. The van der Waals surface area contributed by atoms with Gasteiger partial charge in [0.05, 0.1) is 12.4 Å². The standard InChI is InChI=1S/C16H22N2O2S2/c1-12(22-16(21)18-9-5-6-10-18)15(19)17-11-13-7-3-4-8-14(13)20-2/h3-4,7-8,12H,5-6,9-11H2,1-2H3,(H,17,19)/t12-/m0/s1. The van der Waals surface area contributed by atoms with Crippen molar-refractivity contribution >= 4 is 34.2 Å². The van der Waals surface area contributed by atoms with E-state index in [1.807, 2.05) is 31.2 Å². The predicted molar refractivity (Wildman–Crippen MR) is 95.3 cm³/mol. The summed E-state index contributed by atoms with van der Waals surface area (Å²) in [5, 5.41) is 2.76. The van der Waals surface area contributed by atoms with Gasteiger partial charge in [-0.1, -0.05) is 42.2 Å². The van der Waals surface area contributed by atoms with E-state index in [0.29, 0.717) is 6.54 Å². The minimum absolute atomic E-state index is 0.00236. The summed E-state index contributed by atoms with van der Waals surface area (Å²) in [6.07, 6.45) is 2.38. The van der Waals surface area contributed by atoms with Crippen LogP contribution in [0.5, 0.6) is 5.75 Å². The quantitative estimate of drug-likeness (QED) is 0.836. The molecule has 0 aliphatic carbocycles. The van der Waals surface area contributed by atoms with Crippen molar-refractivity contribution in [3.8, 4) is 5.75 Å². The van der Waals surface area contributed by atoms with Crippen molar-refractivity contribution in [3.63, 3.8) is 0 Å². The van der Waals surface area contributed by atoms with Crippen LogP contribution in [0.3, 0.4) is 0 Å². The van der Waals surface area contributed by atoms with Crippen molar-refractivity contribution < 1.29 is 9.53 Å². The molecule has 1 heterocycles. The Kier molecular flexibility index (Phi) is 6.51. The molecule has 4 nitrogen and oxygen atoms in total. The Bertz CT molecular complexity index is 531. The van der Waals surface area contributed by atoms with E-state index in [4.69, 9.17) is 17.0 Å². The van der Waals surface area contributed by atoms with E-state index in [2.05, 4.69) is 10.2 Å². The predicted octanol–water partition coefficient (Wildman–Crippen LogP) is 2.81. The summed E-state index contributed by atoms with van der Waals surface area (Å²) in [6, 6.07) is 7.69. The van der Waals surface area contributed by atoms with Crippen LogP contribution in [0, 0.1) is 0 Å². The number of likely N-dealkylation sites (tertiary alicyclic amines) is 1. The maximum atomic E-state index is 12.2. The topological polar surface area (TPSA) is 41.6 Å². The third-order valence-electron chi connectivity index (χ3n) is 3.66. The number of nitrogens with zero attached hydrogens (tertiary/aromatic N) is 1. The Morgan fingerprint density at radius 1 is 1.41 bits per heavy atom. The second-order valence-corrected chi connectivity index (χ2v) is 7.22. The van der Waals surface area contributed by atoms with Gasteiger partial charge in [-0.05, 0) is 25.8 Å². The highest BCUT2D eigenvalue weighted by Crippen LogP contribution is 2.21. The third kappa shape index (κ3) is 4.61. The molecule has 0 spiro atoms. The zero-order valence-electron chi connectivity index (χ0n) is 13.0. The number of para-hydroxylation sites is 1. The van der Waals surface area contributed by atoms with Crippen LogP contribution < -0.4 is 10.1 Å². The Labute approximate surface area is 141 Å². The Morgan fingerprint density at radius 3 is 2.77 bits per heavy atom. The first-order chi connectivity index (χ1) is 10.6. The molecule has 22 heavy (non-hydrogen) atoms. The summed E-state index contributed by atoms with van der Waals surface area (Å²) in [4.78, 5) is 14.4. The average Bonchev–Trinajstić information content (AvgIpc) is 3.07. The summed E-state index contributed by atoms with van der Waals surface area (Å²) in [5.74, 6) is 0.785. The molecule has 0 aromatic heterocycles. The molecule has 0 bridgehead atoms. The van der Waals surface area contributed by atoms with Crippen molar-refractivity contribution in [1.29, 1.82) is 0 Å². The SMILES string of the molecule is COc1ccccc1CNC(=O)[C@H](C)SC(=S)N1CCCC1. The van der Waals surface area contributed by atoms with E-state index in [-0.39, 0.29) is 11.2 Å². The highest BCUT2D eigenvalue weighted by molar-refractivity contribution is 8.23. The smallest absolute Gasteiger partial charge is 0.233 e. The van der Waals surface area contributed by atoms with E-state index in [0.717, 1.165) is 28.7 Å². The van der Waals surface area contributed by atoms with Crippen LogP contribution in [0.25, 0.3) is 0 Å². The number of methoxy groups -OCH3 is 1. The molecule has 1 aliphatic rings. The Hall–Kier alpha value is -1.27. The molecule has 0 unspecified atom stereocenters. The average molecular weight is 338 g/mol. The lowest BCUT2D eigenvalue weighted by molar-refractivity contribution is -0.120. The number of thioether (sulfide) groups is 1. The maximum absolute atomic E-state index is 12.2. The lowest BCUT2D eigenvalue weighted by Crippen LogP contribution is -2.33. The van der Waals surface area contributed by atoms with E-state index >= 15 is 0 Å². The monoisotopic (exact) mass is 338 g/mol. The second kappa shape index (κ2) is 8.39. The maximum Gasteiger partial charge on any atom is 0.233 e. The summed E-state index contributed by atoms with van der Waals surface area (Å²) < 4.78 is 6.12. The normalized spacial score (nSPS) is 15.5. The first-order valence-electron chi connectivity index (χ1n) is 7.47. The minimum Gasteiger partial charge on any atom is -0.496 e. The number of rotatable bonds is 5. The second-order valence-electron chi connectivity index (χ2n) is 5.25. The summed E-state index contributed by atoms with van der Waals surface area (Å²) in [5.41, 5.74) is 0.970. The number of thiocarbonyl (C=S) groups is 1. The zero-order valence-corrected chi connectivity index (χ0v) is 14.6. The van der Waals surface area contributed by atoms with Crippen molar-refractivity contribution in [2.75, 3.05) is 20.2 Å². The minimum atomic E-state index is -0.192. The van der Waals surface area contributed by atoms with Crippen molar-refractivity contribution in [2.45, 2.75) is 31.6 Å². The lowest BCUT2D eigenvalue weighted by Gasteiger charge is -2.20. The molecule has 1 aliphatic heterocycles. The van der Waals surface area contributed by atoms with Crippen LogP contribution >= 0.6 is 24.0 Å². The van der Waals surface area contributed by atoms with Gasteiger partial charge in [0.15, 0.2) is 0 Å². The first-order valence-corrected chi connectivity index (χ1v) is 8.75. The largest absolute Gasteiger partial charge is 0.496 e. The highest BCUT2D eigenvalue weighted by Gasteiger charge is 2.21. The Morgan fingerprint density at radius 2 is 2.09 bits per heavy atom. The molecule has 1 aromatic carbocycles. The molecule has 2 rings (SSSR count). The molecular formula is C16H22N2O2S2. The molecule has 0 saturated carbocycles. The van der Waals surface area contributed by atoms with Gasteiger partial charge in [0, 0.05) is 25.2 Å². The number of ether oxygens (including phenoxy) is 1. The van der Waals surface area contributed by atoms with E-state index in [1.54, 1.807) is 7.11 Å². The molecule has 120 valence electrons. The van der Waals surface area contributed by atoms with Crippen LogP contribution in [0.1, 0.15) is 25.3 Å². The number of hydrogen-bond donors (Lipinski definition) is 1. The van der Waals surface area contributed by atoms with Crippen LogP contribution in [0.4, 0.5) is 0 Å². The van der Waals surface area contributed by atoms with Crippen LogP contribution in [-0.2, 0) is 11.3 Å². The molecule has 0 radical (unpaired) electrons. The molecule has 1 saturated heterocycles. The van der Waals surface area contributed by atoms with Crippen LogP contribution in [0.2, 0.25) is 0 Å². The highest BCUT2D eigenvalue weighted by atomic mass is 32.2. The molecule has 1 amide bonds. The summed E-state index contributed by atoms with van der Waals surface area (Å²) >= 11 is 6.88. The zero-order chi connectivity index (χ0) is 15.9. The van der Waals surface area contributed by atoms with E-state index in [1.165, 1.54) is 24.6 Å². The van der Waals surface area contributed by atoms with Gasteiger partial charge < -0.3 is 15.0 Å². The number of amides is 1. The van der Waals surface area contributed by atoms with E-state index < -0.39 is 0 Å². The van der Waals surface area contributed by atoms with Gasteiger partial charge in [0.1, 0.15) is 10.1 Å². The van der Waals surface area contributed by atoms with Gasteiger partial charge in [-0.2, -0.15) is 0 Å². The number of hydrogen-bond acceptors (Lipinski definition) is 4. The van der Waals surface area contributed by atoms with Crippen molar-refractivity contribution in [2.24, 2.45) is 0 Å². The van der Waals surface area contributed by atoms with Gasteiger partial charge in [-0.3, -0.25) is 4.79 Å². The van der Waals surface area contributed by atoms with E-state index in [9.17, 15) is 4.79 Å². The van der Waals surface area contributed by atoms with Gasteiger partial charge in [-0.25, -0.2) is 0 Å². The van der Waals surface area contributed by atoms with Crippen LogP contribution in [0.15, 0.2) is 24.3 Å².